The molecule has 0 unspecified atom stereocenters. The van der Waals surface area contributed by atoms with E-state index < -0.39 is 16.1 Å². The second kappa shape index (κ2) is 10.7. The van der Waals surface area contributed by atoms with Crippen molar-refractivity contribution in [3.8, 4) is 5.75 Å². The number of benzene rings is 1. The SMILES string of the molecule is C[C@@H](Oc1ccc(N(C)S(C)(=O)=O)cc1)C(=O)NCCCOC1CCCCC1. The van der Waals surface area contributed by atoms with E-state index in [9.17, 15) is 13.2 Å². The minimum absolute atomic E-state index is 0.185. The van der Waals surface area contributed by atoms with Gasteiger partial charge in [-0.2, -0.15) is 0 Å². The van der Waals surface area contributed by atoms with E-state index >= 15 is 0 Å². The van der Waals surface area contributed by atoms with E-state index in [-0.39, 0.29) is 5.91 Å². The van der Waals surface area contributed by atoms with Crippen molar-refractivity contribution in [1.29, 1.82) is 0 Å². The number of rotatable bonds is 10. The van der Waals surface area contributed by atoms with Gasteiger partial charge in [0.15, 0.2) is 6.10 Å². The van der Waals surface area contributed by atoms with Crippen molar-refractivity contribution >= 4 is 21.6 Å². The molecule has 0 bridgehead atoms. The predicted molar refractivity (Wildman–Crippen MR) is 110 cm³/mol. The second-order valence-corrected chi connectivity index (χ2v) is 9.27. The van der Waals surface area contributed by atoms with Crippen LogP contribution in [0.2, 0.25) is 0 Å². The number of amides is 1. The quantitative estimate of drug-likeness (QED) is 0.597. The summed E-state index contributed by atoms with van der Waals surface area (Å²) in [7, 11) is -1.82. The molecule has 1 aliphatic carbocycles. The molecule has 1 fully saturated rings. The van der Waals surface area contributed by atoms with Gasteiger partial charge in [-0.15, -0.1) is 0 Å². The summed E-state index contributed by atoms with van der Waals surface area (Å²) in [4.78, 5) is 12.2. The minimum atomic E-state index is -3.31. The summed E-state index contributed by atoms with van der Waals surface area (Å²) in [6, 6.07) is 6.59. The third-order valence-electron chi connectivity index (χ3n) is 4.91. The Kier molecular flexibility index (Phi) is 8.57. The van der Waals surface area contributed by atoms with Crippen LogP contribution in [0.25, 0.3) is 0 Å². The van der Waals surface area contributed by atoms with Gasteiger partial charge in [0, 0.05) is 20.2 Å². The third kappa shape index (κ3) is 7.31. The van der Waals surface area contributed by atoms with E-state index in [2.05, 4.69) is 5.32 Å². The summed E-state index contributed by atoms with van der Waals surface area (Å²) in [5, 5.41) is 2.86. The molecule has 0 aliphatic heterocycles. The highest BCUT2D eigenvalue weighted by molar-refractivity contribution is 7.92. The molecule has 0 heterocycles. The highest BCUT2D eigenvalue weighted by atomic mass is 32.2. The fraction of sp³-hybridized carbons (Fsp3) is 0.650. The molecule has 8 heteroatoms. The molecule has 0 saturated heterocycles. The number of nitrogens with one attached hydrogen (secondary N) is 1. The summed E-state index contributed by atoms with van der Waals surface area (Å²) in [6.07, 6.45) is 7.78. The van der Waals surface area contributed by atoms with Gasteiger partial charge < -0.3 is 14.8 Å². The van der Waals surface area contributed by atoms with Crippen molar-refractivity contribution in [2.45, 2.75) is 57.7 Å². The van der Waals surface area contributed by atoms with Crippen molar-refractivity contribution in [2.75, 3.05) is 30.8 Å². The first kappa shape index (κ1) is 22.5. The van der Waals surface area contributed by atoms with Crippen LogP contribution in [0.3, 0.4) is 0 Å². The van der Waals surface area contributed by atoms with Crippen molar-refractivity contribution in [2.24, 2.45) is 0 Å². The molecule has 28 heavy (non-hydrogen) atoms. The Labute approximate surface area is 168 Å². The molecule has 1 N–H and O–H groups in total. The van der Waals surface area contributed by atoms with Crippen LogP contribution in [0, 0.1) is 0 Å². The van der Waals surface area contributed by atoms with E-state index in [0.29, 0.717) is 30.7 Å². The number of hydrogen-bond donors (Lipinski definition) is 1. The molecule has 7 nitrogen and oxygen atoms in total. The Morgan fingerprint density at radius 3 is 2.46 bits per heavy atom. The molecule has 1 amide bonds. The van der Waals surface area contributed by atoms with Gasteiger partial charge in [-0.1, -0.05) is 19.3 Å². The van der Waals surface area contributed by atoms with Gasteiger partial charge in [0.05, 0.1) is 18.0 Å². The third-order valence-corrected chi connectivity index (χ3v) is 6.11. The van der Waals surface area contributed by atoms with Crippen LogP contribution >= 0.6 is 0 Å². The number of hydrogen-bond acceptors (Lipinski definition) is 5. The lowest BCUT2D eigenvalue weighted by Gasteiger charge is -2.22. The van der Waals surface area contributed by atoms with Crippen LogP contribution in [0.1, 0.15) is 45.4 Å². The molecule has 1 aliphatic rings. The molecule has 158 valence electrons. The van der Waals surface area contributed by atoms with Gasteiger partial charge in [-0.25, -0.2) is 8.42 Å². The molecule has 0 spiro atoms. The maximum absolute atomic E-state index is 12.2. The van der Waals surface area contributed by atoms with Crippen LogP contribution in [0.15, 0.2) is 24.3 Å². The minimum Gasteiger partial charge on any atom is -0.481 e. The zero-order valence-corrected chi connectivity index (χ0v) is 17.8. The second-order valence-electron chi connectivity index (χ2n) is 7.26. The average Bonchev–Trinajstić information content (AvgIpc) is 2.67. The molecular formula is C20H32N2O5S. The van der Waals surface area contributed by atoms with E-state index in [1.807, 2.05) is 0 Å². The Morgan fingerprint density at radius 2 is 1.86 bits per heavy atom. The summed E-state index contributed by atoms with van der Waals surface area (Å²) in [6.45, 7) is 2.90. The molecule has 1 atom stereocenters. The van der Waals surface area contributed by atoms with Gasteiger partial charge in [-0.3, -0.25) is 9.10 Å². The van der Waals surface area contributed by atoms with Gasteiger partial charge in [-0.05, 0) is 50.5 Å². The van der Waals surface area contributed by atoms with Gasteiger partial charge in [0.2, 0.25) is 10.0 Å². The molecular weight excluding hydrogens is 380 g/mol. The normalized spacial score (nSPS) is 16.4. The summed E-state index contributed by atoms with van der Waals surface area (Å²) in [5.41, 5.74) is 0.532. The Morgan fingerprint density at radius 1 is 1.21 bits per heavy atom. The van der Waals surface area contributed by atoms with Crippen molar-refractivity contribution in [3.63, 3.8) is 0 Å². The summed E-state index contributed by atoms with van der Waals surface area (Å²) >= 11 is 0. The number of nitrogens with zero attached hydrogens (tertiary/aromatic N) is 1. The number of ether oxygens (including phenoxy) is 2. The number of carbonyl (C=O) groups excluding carboxylic acids is 1. The molecule has 0 radical (unpaired) electrons. The molecule has 1 aromatic rings. The maximum Gasteiger partial charge on any atom is 0.260 e. The van der Waals surface area contributed by atoms with Crippen molar-refractivity contribution < 1.29 is 22.7 Å². The average molecular weight is 413 g/mol. The summed E-state index contributed by atoms with van der Waals surface area (Å²) < 4.78 is 35.8. The molecule has 0 aromatic heterocycles. The van der Waals surface area contributed by atoms with E-state index in [1.54, 1.807) is 31.2 Å². The first-order valence-electron chi connectivity index (χ1n) is 9.87. The number of anilines is 1. The molecule has 2 rings (SSSR count). The first-order valence-corrected chi connectivity index (χ1v) is 11.7. The lowest BCUT2D eigenvalue weighted by atomic mass is 9.98. The highest BCUT2D eigenvalue weighted by Crippen LogP contribution is 2.21. The van der Waals surface area contributed by atoms with Crippen LogP contribution < -0.4 is 14.4 Å². The summed E-state index contributed by atoms with van der Waals surface area (Å²) in [5.74, 6) is 0.323. The molecule has 1 aromatic carbocycles. The van der Waals surface area contributed by atoms with Crippen LogP contribution in [-0.2, 0) is 19.6 Å². The van der Waals surface area contributed by atoms with Gasteiger partial charge >= 0.3 is 0 Å². The van der Waals surface area contributed by atoms with Crippen molar-refractivity contribution in [1.82, 2.24) is 5.32 Å². The Hall–Kier alpha value is -1.80. The molecule has 1 saturated carbocycles. The topological polar surface area (TPSA) is 84.9 Å². The zero-order chi connectivity index (χ0) is 20.6. The highest BCUT2D eigenvalue weighted by Gasteiger charge is 2.16. The van der Waals surface area contributed by atoms with E-state index in [4.69, 9.17) is 9.47 Å². The Balaban J connectivity index is 1.68. The van der Waals surface area contributed by atoms with E-state index in [1.165, 1.54) is 30.6 Å². The van der Waals surface area contributed by atoms with Gasteiger partial charge in [0.1, 0.15) is 5.75 Å². The smallest absolute Gasteiger partial charge is 0.260 e. The van der Waals surface area contributed by atoms with Gasteiger partial charge in [0.25, 0.3) is 5.91 Å². The first-order chi connectivity index (χ1) is 13.3. The standard InChI is InChI=1S/C20H32N2O5S/c1-16(20(23)21-14-7-15-26-18-8-5-4-6-9-18)27-19-12-10-17(11-13-19)22(2)28(3,24)25/h10-13,16,18H,4-9,14-15H2,1-3H3,(H,21,23)/t16-/m1/s1. The maximum atomic E-state index is 12.2. The zero-order valence-electron chi connectivity index (χ0n) is 17.0. The van der Waals surface area contributed by atoms with Crippen LogP contribution in [0.5, 0.6) is 5.75 Å². The predicted octanol–water partition coefficient (Wildman–Crippen LogP) is 2.71. The monoisotopic (exact) mass is 412 g/mol. The lowest BCUT2D eigenvalue weighted by molar-refractivity contribution is -0.127. The van der Waals surface area contributed by atoms with Crippen LogP contribution in [-0.4, -0.2) is 53.0 Å². The Bertz CT molecular complexity index is 715. The van der Waals surface area contributed by atoms with E-state index in [0.717, 1.165) is 25.5 Å². The van der Waals surface area contributed by atoms with Crippen molar-refractivity contribution in [3.05, 3.63) is 24.3 Å². The number of sulfonamides is 1. The largest absolute Gasteiger partial charge is 0.481 e. The number of carbonyl (C=O) groups is 1. The fourth-order valence-electron chi connectivity index (χ4n) is 3.09. The van der Waals surface area contributed by atoms with Crippen LogP contribution in [0.4, 0.5) is 5.69 Å². The fourth-order valence-corrected chi connectivity index (χ4v) is 3.60. The lowest BCUT2D eigenvalue weighted by Crippen LogP contribution is -2.37.